The van der Waals surface area contributed by atoms with Gasteiger partial charge in [0.1, 0.15) is 0 Å². The van der Waals surface area contributed by atoms with Crippen molar-refractivity contribution in [1.29, 1.82) is 0 Å². The summed E-state index contributed by atoms with van der Waals surface area (Å²) in [6.45, 7) is 2.44. The smallest absolute Gasteiger partial charge is 0.327 e. The molecule has 0 atom stereocenters. The molecule has 0 aromatic carbocycles. The van der Waals surface area contributed by atoms with Gasteiger partial charge in [0.05, 0.1) is 18.9 Å². The largest absolute Gasteiger partial charge is 0.466 e. The number of halogens is 1. The minimum absolute atomic E-state index is 0. The monoisotopic (exact) mass is 279 g/mol. The quantitative estimate of drug-likeness (QED) is 0.458. The van der Waals surface area contributed by atoms with Gasteiger partial charge in [0.2, 0.25) is 0 Å². The van der Waals surface area contributed by atoms with Crippen LogP contribution >= 0.6 is 12.4 Å². The van der Waals surface area contributed by atoms with E-state index in [0.29, 0.717) is 13.2 Å². The van der Waals surface area contributed by atoms with Crippen molar-refractivity contribution in [3.05, 3.63) is 0 Å². The third-order valence-corrected chi connectivity index (χ3v) is 2.85. The molecule has 1 aliphatic rings. The van der Waals surface area contributed by atoms with Crippen LogP contribution in [0.1, 0.15) is 45.4 Å². The molecule has 6 heteroatoms. The van der Waals surface area contributed by atoms with Gasteiger partial charge in [0, 0.05) is 6.54 Å². The molecule has 5 nitrogen and oxygen atoms in total. The highest BCUT2D eigenvalue weighted by Crippen LogP contribution is 2.24. The lowest BCUT2D eigenvalue weighted by Crippen LogP contribution is -2.28. The van der Waals surface area contributed by atoms with Gasteiger partial charge in [-0.05, 0) is 19.8 Å². The van der Waals surface area contributed by atoms with Gasteiger partial charge in [0.15, 0.2) is 0 Å². The van der Waals surface area contributed by atoms with Crippen molar-refractivity contribution in [3.8, 4) is 0 Å². The molecule has 1 fully saturated rings. The Hall–Kier alpha value is -0.810. The van der Waals surface area contributed by atoms with Crippen LogP contribution in [0.25, 0.3) is 0 Å². The summed E-state index contributed by atoms with van der Waals surface area (Å²) in [7, 11) is 0. The first-order valence-electron chi connectivity index (χ1n) is 6.33. The van der Waals surface area contributed by atoms with Crippen LogP contribution in [0.5, 0.6) is 0 Å². The van der Waals surface area contributed by atoms with Gasteiger partial charge >= 0.3 is 11.9 Å². The van der Waals surface area contributed by atoms with Crippen LogP contribution in [-0.2, 0) is 19.2 Å². The average Bonchev–Trinajstić information content (AvgIpc) is 2.36. The van der Waals surface area contributed by atoms with Gasteiger partial charge in [-0.15, -0.1) is 12.4 Å². The number of rotatable bonds is 6. The Morgan fingerprint density at radius 3 is 2.50 bits per heavy atom. The van der Waals surface area contributed by atoms with Gasteiger partial charge in [-0.2, -0.15) is 5.48 Å². The van der Waals surface area contributed by atoms with Crippen molar-refractivity contribution in [3.63, 3.8) is 0 Å². The highest BCUT2D eigenvalue weighted by atomic mass is 35.5. The van der Waals surface area contributed by atoms with E-state index < -0.39 is 0 Å². The second-order valence-electron chi connectivity index (χ2n) is 4.21. The normalized spacial score (nSPS) is 15.6. The van der Waals surface area contributed by atoms with Crippen LogP contribution in [0.2, 0.25) is 0 Å². The minimum Gasteiger partial charge on any atom is -0.466 e. The molecule has 1 N–H and O–H groups in total. The standard InChI is InChI=1S/C12H21NO4.ClH/c1-2-16-11(14)8-9-13-17-12(15)10-6-4-3-5-7-10;/h10,13H,2-9H2,1H3;1H. The first-order chi connectivity index (χ1) is 8.24. The van der Waals surface area contributed by atoms with E-state index in [1.165, 1.54) is 6.42 Å². The van der Waals surface area contributed by atoms with Crippen LogP contribution in [-0.4, -0.2) is 25.1 Å². The average molecular weight is 280 g/mol. The lowest BCUT2D eigenvalue weighted by molar-refractivity contribution is -0.158. The SMILES string of the molecule is CCOC(=O)CCNOC(=O)C1CCCCC1.Cl. The Kier molecular flexibility index (Phi) is 9.69. The van der Waals surface area contributed by atoms with Crippen molar-refractivity contribution in [2.45, 2.75) is 45.4 Å². The zero-order chi connectivity index (χ0) is 12.5. The molecule has 0 saturated heterocycles. The van der Waals surface area contributed by atoms with Crippen LogP contribution in [0.4, 0.5) is 0 Å². The maximum atomic E-state index is 11.6. The van der Waals surface area contributed by atoms with Crippen molar-refractivity contribution < 1.29 is 19.2 Å². The van der Waals surface area contributed by atoms with Crippen LogP contribution < -0.4 is 5.48 Å². The fourth-order valence-electron chi connectivity index (χ4n) is 1.93. The highest BCUT2D eigenvalue weighted by molar-refractivity contribution is 5.85. The lowest BCUT2D eigenvalue weighted by atomic mass is 9.89. The predicted octanol–water partition coefficient (Wildman–Crippen LogP) is 1.99. The zero-order valence-electron chi connectivity index (χ0n) is 10.8. The molecule has 0 amide bonds. The number of carbonyl (C=O) groups is 2. The summed E-state index contributed by atoms with van der Waals surface area (Å²) in [5.41, 5.74) is 2.52. The van der Waals surface area contributed by atoms with E-state index in [1.807, 2.05) is 0 Å². The third kappa shape index (κ3) is 6.81. The number of carbonyl (C=O) groups excluding carboxylic acids is 2. The molecule has 0 heterocycles. The van der Waals surface area contributed by atoms with Crippen molar-refractivity contribution in [2.75, 3.05) is 13.2 Å². The molecular formula is C12H22ClNO4. The number of hydroxylamine groups is 1. The summed E-state index contributed by atoms with van der Waals surface area (Å²) in [4.78, 5) is 27.5. The Morgan fingerprint density at radius 1 is 1.22 bits per heavy atom. The maximum Gasteiger partial charge on any atom is 0.327 e. The van der Waals surface area contributed by atoms with Crippen molar-refractivity contribution in [1.82, 2.24) is 5.48 Å². The van der Waals surface area contributed by atoms with E-state index in [-0.39, 0.29) is 36.7 Å². The second-order valence-corrected chi connectivity index (χ2v) is 4.21. The molecule has 1 rings (SSSR count). The maximum absolute atomic E-state index is 11.6. The first-order valence-corrected chi connectivity index (χ1v) is 6.33. The molecule has 18 heavy (non-hydrogen) atoms. The molecule has 0 aliphatic heterocycles. The third-order valence-electron chi connectivity index (χ3n) is 2.85. The predicted molar refractivity (Wildman–Crippen MR) is 69.2 cm³/mol. The topological polar surface area (TPSA) is 64.6 Å². The molecule has 0 radical (unpaired) electrons. The molecular weight excluding hydrogens is 258 g/mol. The molecule has 0 aromatic heterocycles. The van der Waals surface area contributed by atoms with Crippen LogP contribution in [0.15, 0.2) is 0 Å². The minimum atomic E-state index is -0.284. The molecule has 0 bridgehead atoms. The summed E-state index contributed by atoms with van der Waals surface area (Å²) in [6.07, 6.45) is 5.45. The number of esters is 1. The van der Waals surface area contributed by atoms with E-state index in [1.54, 1.807) is 6.92 Å². The summed E-state index contributed by atoms with van der Waals surface area (Å²) in [6, 6.07) is 0. The Balaban J connectivity index is 0.00000289. The van der Waals surface area contributed by atoms with Crippen molar-refractivity contribution >= 4 is 24.3 Å². The first kappa shape index (κ1) is 17.2. The molecule has 106 valence electrons. The van der Waals surface area contributed by atoms with Gasteiger partial charge in [-0.25, -0.2) is 0 Å². The summed E-state index contributed by atoms with van der Waals surface area (Å²) >= 11 is 0. The number of ether oxygens (including phenoxy) is 1. The van der Waals surface area contributed by atoms with E-state index in [4.69, 9.17) is 9.57 Å². The Morgan fingerprint density at radius 2 is 1.89 bits per heavy atom. The van der Waals surface area contributed by atoms with E-state index in [2.05, 4.69) is 5.48 Å². The number of nitrogens with one attached hydrogen (secondary N) is 1. The number of hydrogen-bond donors (Lipinski definition) is 1. The van der Waals surface area contributed by atoms with Crippen molar-refractivity contribution in [2.24, 2.45) is 5.92 Å². The highest BCUT2D eigenvalue weighted by Gasteiger charge is 2.22. The molecule has 1 aliphatic carbocycles. The molecule has 0 spiro atoms. The Labute approximate surface area is 114 Å². The van der Waals surface area contributed by atoms with Gasteiger partial charge in [-0.3, -0.25) is 9.59 Å². The van der Waals surface area contributed by atoms with E-state index in [0.717, 1.165) is 25.7 Å². The van der Waals surface area contributed by atoms with Crippen LogP contribution in [0, 0.1) is 5.92 Å². The summed E-state index contributed by atoms with van der Waals surface area (Å²) in [5, 5.41) is 0. The lowest BCUT2D eigenvalue weighted by Gasteiger charge is -2.19. The zero-order valence-corrected chi connectivity index (χ0v) is 11.6. The Bertz CT molecular complexity index is 254. The van der Waals surface area contributed by atoms with E-state index in [9.17, 15) is 9.59 Å². The van der Waals surface area contributed by atoms with Gasteiger partial charge in [-0.1, -0.05) is 19.3 Å². The fraction of sp³-hybridized carbons (Fsp3) is 0.833. The second kappa shape index (κ2) is 10.1. The van der Waals surface area contributed by atoms with Gasteiger partial charge in [0.25, 0.3) is 0 Å². The fourth-order valence-corrected chi connectivity index (χ4v) is 1.93. The van der Waals surface area contributed by atoms with E-state index >= 15 is 0 Å². The summed E-state index contributed by atoms with van der Waals surface area (Å²) in [5.74, 6) is -0.457. The summed E-state index contributed by atoms with van der Waals surface area (Å²) < 4.78 is 4.75. The van der Waals surface area contributed by atoms with Crippen LogP contribution in [0.3, 0.4) is 0 Å². The molecule has 0 unspecified atom stereocenters. The molecule has 1 saturated carbocycles. The van der Waals surface area contributed by atoms with Gasteiger partial charge < -0.3 is 9.57 Å². The molecule has 0 aromatic rings. The number of hydrogen-bond acceptors (Lipinski definition) is 5.